The van der Waals surface area contributed by atoms with Gasteiger partial charge in [0.1, 0.15) is 0 Å². The summed E-state index contributed by atoms with van der Waals surface area (Å²) in [7, 11) is 1.98. The second kappa shape index (κ2) is 4.62. The van der Waals surface area contributed by atoms with Gasteiger partial charge in [0.25, 0.3) is 0 Å². The minimum absolute atomic E-state index is 0.0102. The van der Waals surface area contributed by atoms with Gasteiger partial charge in [-0.05, 0) is 19.2 Å². The van der Waals surface area contributed by atoms with Crippen LogP contribution in [0.5, 0.6) is 0 Å². The highest BCUT2D eigenvalue weighted by atomic mass is 19.4. The summed E-state index contributed by atoms with van der Waals surface area (Å²) in [4.78, 5) is 6.02. The Morgan fingerprint density at radius 3 is 2.71 bits per heavy atom. The van der Waals surface area contributed by atoms with Crippen molar-refractivity contribution in [3.8, 4) is 0 Å². The third-order valence-corrected chi connectivity index (χ3v) is 2.85. The van der Waals surface area contributed by atoms with E-state index in [1.54, 1.807) is 0 Å². The first-order chi connectivity index (χ1) is 7.97. The van der Waals surface area contributed by atoms with Crippen molar-refractivity contribution in [2.75, 3.05) is 26.7 Å². The molecule has 94 valence electrons. The maximum Gasteiger partial charge on any atom is 0.417 e. The standard InChI is InChI=1S/C11H14F3N3/c1-17-5-4-15-10(7-17)9-3-2-8(6-16-9)11(12,13)14/h2-3,6,10,15H,4-5,7H2,1H3. The fourth-order valence-electron chi connectivity index (χ4n) is 1.87. The molecule has 1 fully saturated rings. The predicted molar refractivity (Wildman–Crippen MR) is 57.5 cm³/mol. The molecule has 2 rings (SSSR count). The van der Waals surface area contributed by atoms with Gasteiger partial charge < -0.3 is 10.2 Å². The Balaban J connectivity index is 2.12. The van der Waals surface area contributed by atoms with E-state index in [-0.39, 0.29) is 6.04 Å². The van der Waals surface area contributed by atoms with Crippen molar-refractivity contribution in [3.05, 3.63) is 29.6 Å². The smallest absolute Gasteiger partial charge is 0.306 e. The third-order valence-electron chi connectivity index (χ3n) is 2.85. The summed E-state index contributed by atoms with van der Waals surface area (Å²) in [6, 6.07) is 2.54. The average Bonchev–Trinajstić information content (AvgIpc) is 2.28. The van der Waals surface area contributed by atoms with E-state index in [1.165, 1.54) is 6.07 Å². The van der Waals surface area contributed by atoms with E-state index in [9.17, 15) is 13.2 Å². The number of halogens is 3. The molecule has 1 N–H and O–H groups in total. The second-order valence-corrected chi connectivity index (χ2v) is 4.24. The van der Waals surface area contributed by atoms with Crippen LogP contribution in [0.3, 0.4) is 0 Å². The summed E-state index contributed by atoms with van der Waals surface area (Å²) in [6.07, 6.45) is -3.42. The van der Waals surface area contributed by atoms with E-state index >= 15 is 0 Å². The Bertz CT molecular complexity index is 375. The van der Waals surface area contributed by atoms with Crippen LogP contribution in [0.2, 0.25) is 0 Å². The lowest BCUT2D eigenvalue weighted by Crippen LogP contribution is -2.44. The number of piperazine rings is 1. The number of aromatic nitrogens is 1. The summed E-state index contributed by atoms with van der Waals surface area (Å²) in [6.45, 7) is 2.53. The quantitative estimate of drug-likeness (QED) is 0.816. The summed E-state index contributed by atoms with van der Waals surface area (Å²) in [5.41, 5.74) is -0.0463. The third kappa shape index (κ3) is 2.95. The van der Waals surface area contributed by atoms with Crippen LogP contribution in [-0.2, 0) is 6.18 Å². The molecule has 1 aromatic rings. The van der Waals surface area contributed by atoms with E-state index in [0.29, 0.717) is 5.69 Å². The van der Waals surface area contributed by atoms with Crippen LogP contribution in [0.1, 0.15) is 17.3 Å². The molecule has 17 heavy (non-hydrogen) atoms. The molecule has 1 atom stereocenters. The maximum absolute atomic E-state index is 12.4. The zero-order valence-electron chi connectivity index (χ0n) is 9.46. The minimum Gasteiger partial charge on any atom is -0.306 e. The van der Waals surface area contributed by atoms with Crippen molar-refractivity contribution < 1.29 is 13.2 Å². The topological polar surface area (TPSA) is 28.2 Å². The molecule has 0 amide bonds. The molecule has 0 radical (unpaired) electrons. The fraction of sp³-hybridized carbons (Fsp3) is 0.545. The van der Waals surface area contributed by atoms with Gasteiger partial charge >= 0.3 is 6.18 Å². The van der Waals surface area contributed by atoms with Gasteiger partial charge in [-0.15, -0.1) is 0 Å². The highest BCUT2D eigenvalue weighted by Crippen LogP contribution is 2.29. The van der Waals surface area contributed by atoms with Crippen molar-refractivity contribution >= 4 is 0 Å². The van der Waals surface area contributed by atoms with E-state index < -0.39 is 11.7 Å². The Kier molecular flexibility index (Phi) is 3.35. The monoisotopic (exact) mass is 245 g/mol. The van der Waals surface area contributed by atoms with Crippen molar-refractivity contribution in [3.63, 3.8) is 0 Å². The summed E-state index contributed by atoms with van der Waals surface area (Å²) >= 11 is 0. The van der Waals surface area contributed by atoms with Gasteiger partial charge in [-0.1, -0.05) is 0 Å². The second-order valence-electron chi connectivity index (χ2n) is 4.24. The Morgan fingerprint density at radius 2 is 2.18 bits per heavy atom. The number of likely N-dealkylation sites (N-methyl/N-ethyl adjacent to an activating group) is 1. The lowest BCUT2D eigenvalue weighted by molar-refractivity contribution is -0.137. The number of alkyl halides is 3. The fourth-order valence-corrected chi connectivity index (χ4v) is 1.87. The van der Waals surface area contributed by atoms with Gasteiger partial charge in [-0.3, -0.25) is 4.98 Å². The van der Waals surface area contributed by atoms with Crippen molar-refractivity contribution in [2.24, 2.45) is 0 Å². The van der Waals surface area contributed by atoms with Crippen LogP contribution in [0.25, 0.3) is 0 Å². The first kappa shape index (κ1) is 12.3. The van der Waals surface area contributed by atoms with Crippen LogP contribution in [0, 0.1) is 0 Å². The summed E-state index contributed by atoms with van der Waals surface area (Å²) < 4.78 is 37.1. The molecule has 0 bridgehead atoms. The minimum atomic E-state index is -4.32. The van der Waals surface area contributed by atoms with Gasteiger partial charge in [0.05, 0.1) is 17.3 Å². The molecule has 0 spiro atoms. The van der Waals surface area contributed by atoms with Crippen LogP contribution < -0.4 is 5.32 Å². The normalized spacial score (nSPS) is 22.7. The lowest BCUT2D eigenvalue weighted by Gasteiger charge is -2.30. The average molecular weight is 245 g/mol. The summed E-state index contributed by atoms with van der Waals surface area (Å²) in [5.74, 6) is 0. The van der Waals surface area contributed by atoms with Crippen LogP contribution >= 0.6 is 0 Å². The number of hydrogen-bond donors (Lipinski definition) is 1. The number of nitrogens with one attached hydrogen (secondary N) is 1. The van der Waals surface area contributed by atoms with Gasteiger partial charge in [0.2, 0.25) is 0 Å². The van der Waals surface area contributed by atoms with Crippen LogP contribution in [-0.4, -0.2) is 36.6 Å². The Morgan fingerprint density at radius 1 is 1.41 bits per heavy atom. The number of nitrogens with zero attached hydrogens (tertiary/aromatic N) is 2. The van der Waals surface area contributed by atoms with E-state index in [4.69, 9.17) is 0 Å². The molecule has 3 nitrogen and oxygen atoms in total. The zero-order valence-corrected chi connectivity index (χ0v) is 9.46. The van der Waals surface area contributed by atoms with Crippen molar-refractivity contribution in [1.29, 1.82) is 0 Å². The highest BCUT2D eigenvalue weighted by molar-refractivity contribution is 5.19. The first-order valence-electron chi connectivity index (χ1n) is 5.42. The van der Waals surface area contributed by atoms with E-state index in [0.717, 1.165) is 31.9 Å². The summed E-state index contributed by atoms with van der Waals surface area (Å²) in [5, 5.41) is 3.24. The van der Waals surface area contributed by atoms with Crippen LogP contribution in [0.4, 0.5) is 13.2 Å². The van der Waals surface area contributed by atoms with Gasteiger partial charge in [0.15, 0.2) is 0 Å². The predicted octanol–water partition coefficient (Wildman–Crippen LogP) is 1.68. The van der Waals surface area contributed by atoms with Gasteiger partial charge in [-0.25, -0.2) is 0 Å². The highest BCUT2D eigenvalue weighted by Gasteiger charge is 2.31. The number of pyridine rings is 1. The molecule has 2 heterocycles. The lowest BCUT2D eigenvalue weighted by atomic mass is 10.1. The molecule has 6 heteroatoms. The molecular formula is C11H14F3N3. The molecule has 0 aromatic carbocycles. The molecule has 0 aliphatic carbocycles. The largest absolute Gasteiger partial charge is 0.417 e. The molecular weight excluding hydrogens is 231 g/mol. The van der Waals surface area contributed by atoms with E-state index in [2.05, 4.69) is 15.2 Å². The molecule has 1 unspecified atom stereocenters. The van der Waals surface area contributed by atoms with E-state index in [1.807, 2.05) is 7.05 Å². The molecule has 1 aliphatic rings. The molecule has 0 saturated carbocycles. The Labute approximate surface area is 97.6 Å². The maximum atomic E-state index is 12.4. The van der Waals surface area contributed by atoms with Gasteiger partial charge in [0, 0.05) is 25.8 Å². The zero-order chi connectivity index (χ0) is 12.5. The Hall–Kier alpha value is -1.14. The van der Waals surface area contributed by atoms with Crippen molar-refractivity contribution in [2.45, 2.75) is 12.2 Å². The first-order valence-corrected chi connectivity index (χ1v) is 5.42. The molecule has 1 saturated heterocycles. The van der Waals surface area contributed by atoms with Crippen molar-refractivity contribution in [1.82, 2.24) is 15.2 Å². The molecule has 1 aromatic heterocycles. The van der Waals surface area contributed by atoms with Gasteiger partial charge in [-0.2, -0.15) is 13.2 Å². The molecule has 1 aliphatic heterocycles. The number of rotatable bonds is 1. The SMILES string of the molecule is CN1CCNC(c2ccc(C(F)(F)F)cn2)C1. The number of hydrogen-bond acceptors (Lipinski definition) is 3. The van der Waals surface area contributed by atoms with Crippen LogP contribution in [0.15, 0.2) is 18.3 Å².